The molecule has 20 heavy (non-hydrogen) atoms. The molecule has 110 valence electrons. The first-order valence-corrected chi connectivity index (χ1v) is 8.57. The summed E-state index contributed by atoms with van der Waals surface area (Å²) in [7, 11) is 0. The lowest BCUT2D eigenvalue weighted by molar-refractivity contribution is -0.102. The van der Waals surface area contributed by atoms with Crippen LogP contribution in [0.15, 0.2) is 0 Å². The molecule has 5 aliphatic rings. The van der Waals surface area contributed by atoms with Gasteiger partial charge in [0, 0.05) is 31.7 Å². The molecule has 4 aliphatic carbocycles. The summed E-state index contributed by atoms with van der Waals surface area (Å²) in [5.74, 6) is 3.12. The third-order valence-corrected chi connectivity index (χ3v) is 6.73. The molecule has 4 bridgehead atoms. The maximum atomic E-state index is 9.08. The highest BCUT2D eigenvalue weighted by molar-refractivity contribution is 5.08. The summed E-state index contributed by atoms with van der Waals surface area (Å²) in [6.07, 6.45) is 9.03. The first-order valence-electron chi connectivity index (χ1n) is 8.57. The lowest BCUT2D eigenvalue weighted by Gasteiger charge is -2.61. The monoisotopic (exact) mass is 273 g/mol. The second kappa shape index (κ2) is 4.71. The molecule has 0 N–H and O–H groups in total. The highest BCUT2D eigenvalue weighted by Gasteiger charge is 2.53. The minimum atomic E-state index is 0.0912. The van der Waals surface area contributed by atoms with Crippen molar-refractivity contribution < 1.29 is 0 Å². The van der Waals surface area contributed by atoms with Gasteiger partial charge in [-0.15, -0.1) is 0 Å². The highest BCUT2D eigenvalue weighted by Crippen LogP contribution is 2.57. The second-order valence-corrected chi connectivity index (χ2v) is 7.97. The molecule has 5 fully saturated rings. The van der Waals surface area contributed by atoms with Crippen molar-refractivity contribution in [2.75, 3.05) is 26.2 Å². The van der Waals surface area contributed by atoms with E-state index in [1.54, 1.807) is 0 Å². The van der Waals surface area contributed by atoms with Crippen LogP contribution in [0.5, 0.6) is 0 Å². The van der Waals surface area contributed by atoms with Gasteiger partial charge in [-0.1, -0.05) is 0 Å². The van der Waals surface area contributed by atoms with E-state index in [2.05, 4.69) is 15.9 Å². The predicted molar refractivity (Wildman–Crippen MR) is 79.1 cm³/mol. The Hall–Kier alpha value is -0.590. The largest absolute Gasteiger partial charge is 0.295 e. The van der Waals surface area contributed by atoms with Gasteiger partial charge in [0.25, 0.3) is 0 Å². The topological polar surface area (TPSA) is 30.3 Å². The Kier molecular flexibility index (Phi) is 3.09. The van der Waals surface area contributed by atoms with E-state index in [0.717, 1.165) is 30.8 Å². The zero-order valence-corrected chi connectivity index (χ0v) is 12.7. The number of nitriles is 1. The number of piperazine rings is 1. The number of nitrogens with zero attached hydrogens (tertiary/aromatic N) is 3. The molecule has 0 amide bonds. The van der Waals surface area contributed by atoms with E-state index in [0.29, 0.717) is 5.54 Å². The van der Waals surface area contributed by atoms with E-state index in [9.17, 15) is 0 Å². The standard InChI is InChI=1S/C17H27N3/c1-13(12-18)19-2-4-20(5-3-19)17-9-14-6-15(10-17)8-16(7-14)11-17/h13-16H,2-11H2,1H3. The Morgan fingerprint density at radius 2 is 1.45 bits per heavy atom. The summed E-state index contributed by atoms with van der Waals surface area (Å²) >= 11 is 0. The number of rotatable bonds is 2. The Morgan fingerprint density at radius 1 is 0.950 bits per heavy atom. The van der Waals surface area contributed by atoms with Crippen LogP contribution in [0.2, 0.25) is 0 Å². The average Bonchev–Trinajstić information content (AvgIpc) is 2.45. The molecule has 1 aliphatic heterocycles. The van der Waals surface area contributed by atoms with Crippen molar-refractivity contribution in [2.24, 2.45) is 17.8 Å². The predicted octanol–water partition coefficient (Wildman–Crippen LogP) is 2.48. The van der Waals surface area contributed by atoms with E-state index in [4.69, 9.17) is 5.26 Å². The van der Waals surface area contributed by atoms with Crippen LogP contribution in [0.3, 0.4) is 0 Å². The molecule has 4 saturated carbocycles. The summed E-state index contributed by atoms with van der Waals surface area (Å²) in [4.78, 5) is 5.19. The van der Waals surface area contributed by atoms with Gasteiger partial charge in [-0.25, -0.2) is 0 Å². The van der Waals surface area contributed by atoms with Gasteiger partial charge in [0.15, 0.2) is 0 Å². The van der Waals surface area contributed by atoms with Crippen LogP contribution in [-0.4, -0.2) is 47.6 Å². The van der Waals surface area contributed by atoms with Gasteiger partial charge >= 0.3 is 0 Å². The van der Waals surface area contributed by atoms with Crippen molar-refractivity contribution in [1.29, 1.82) is 5.26 Å². The molecule has 1 atom stereocenters. The van der Waals surface area contributed by atoms with Gasteiger partial charge in [0.1, 0.15) is 0 Å². The van der Waals surface area contributed by atoms with Crippen molar-refractivity contribution >= 4 is 0 Å². The summed E-state index contributed by atoms with van der Waals surface area (Å²) in [6, 6.07) is 2.48. The lowest BCUT2D eigenvalue weighted by atomic mass is 9.52. The van der Waals surface area contributed by atoms with Crippen LogP contribution in [-0.2, 0) is 0 Å². The number of hydrogen-bond donors (Lipinski definition) is 0. The van der Waals surface area contributed by atoms with Crippen molar-refractivity contribution in [1.82, 2.24) is 9.80 Å². The third-order valence-electron chi connectivity index (χ3n) is 6.73. The molecule has 1 unspecified atom stereocenters. The van der Waals surface area contributed by atoms with Crippen molar-refractivity contribution in [3.8, 4) is 6.07 Å². The molecule has 0 spiro atoms. The van der Waals surface area contributed by atoms with Gasteiger partial charge in [-0.3, -0.25) is 9.80 Å². The first kappa shape index (κ1) is 13.1. The van der Waals surface area contributed by atoms with Crippen LogP contribution in [0.25, 0.3) is 0 Å². The summed E-state index contributed by atoms with van der Waals surface area (Å²) in [5.41, 5.74) is 0.566. The minimum Gasteiger partial charge on any atom is -0.295 e. The fourth-order valence-corrected chi connectivity index (χ4v) is 6.12. The summed E-state index contributed by atoms with van der Waals surface area (Å²) in [6.45, 7) is 6.61. The van der Waals surface area contributed by atoms with Crippen LogP contribution >= 0.6 is 0 Å². The summed E-state index contributed by atoms with van der Waals surface area (Å²) in [5, 5.41) is 9.08. The Morgan fingerprint density at radius 3 is 1.90 bits per heavy atom. The van der Waals surface area contributed by atoms with Crippen LogP contribution < -0.4 is 0 Å². The van der Waals surface area contributed by atoms with E-state index < -0.39 is 0 Å². The van der Waals surface area contributed by atoms with Crippen LogP contribution in [0, 0.1) is 29.1 Å². The van der Waals surface area contributed by atoms with Crippen LogP contribution in [0.1, 0.15) is 45.4 Å². The Balaban J connectivity index is 1.46. The molecule has 1 saturated heterocycles. The fraction of sp³-hybridized carbons (Fsp3) is 0.941. The third kappa shape index (κ3) is 2.00. The molecule has 1 heterocycles. The van der Waals surface area contributed by atoms with Crippen LogP contribution in [0.4, 0.5) is 0 Å². The summed E-state index contributed by atoms with van der Waals surface area (Å²) < 4.78 is 0. The molecular weight excluding hydrogens is 246 g/mol. The van der Waals surface area contributed by atoms with Gasteiger partial charge in [-0.05, 0) is 63.2 Å². The van der Waals surface area contributed by atoms with Gasteiger partial charge in [0.2, 0.25) is 0 Å². The van der Waals surface area contributed by atoms with Crippen molar-refractivity contribution in [3.05, 3.63) is 0 Å². The highest BCUT2D eigenvalue weighted by atomic mass is 15.3. The molecule has 3 nitrogen and oxygen atoms in total. The van der Waals surface area contributed by atoms with Crippen molar-refractivity contribution in [3.63, 3.8) is 0 Å². The first-order chi connectivity index (χ1) is 9.68. The molecule has 0 radical (unpaired) electrons. The van der Waals surface area contributed by atoms with Gasteiger partial charge in [0.05, 0.1) is 12.1 Å². The van der Waals surface area contributed by atoms with Gasteiger partial charge < -0.3 is 0 Å². The Labute approximate surface area is 122 Å². The van der Waals surface area contributed by atoms with Gasteiger partial charge in [-0.2, -0.15) is 5.26 Å². The SMILES string of the molecule is CC(C#N)N1CCN(C23CC4CC(CC(C4)C2)C3)CC1. The number of hydrogen-bond acceptors (Lipinski definition) is 3. The smallest absolute Gasteiger partial charge is 0.0950 e. The second-order valence-electron chi connectivity index (χ2n) is 7.97. The fourth-order valence-electron chi connectivity index (χ4n) is 6.12. The average molecular weight is 273 g/mol. The Bertz CT molecular complexity index is 381. The van der Waals surface area contributed by atoms with E-state index in [-0.39, 0.29) is 6.04 Å². The minimum absolute atomic E-state index is 0.0912. The van der Waals surface area contributed by atoms with E-state index >= 15 is 0 Å². The molecule has 0 aromatic rings. The van der Waals surface area contributed by atoms with E-state index in [1.807, 2.05) is 6.92 Å². The zero-order valence-electron chi connectivity index (χ0n) is 12.7. The molecule has 0 aromatic carbocycles. The molecule has 3 heteroatoms. The maximum absolute atomic E-state index is 9.08. The molecule has 5 rings (SSSR count). The molecular formula is C17H27N3. The zero-order chi connectivity index (χ0) is 13.7. The lowest BCUT2D eigenvalue weighted by Crippen LogP contribution is -2.64. The normalized spacial score (nSPS) is 46.3. The quantitative estimate of drug-likeness (QED) is 0.774. The maximum Gasteiger partial charge on any atom is 0.0950 e. The van der Waals surface area contributed by atoms with Crippen molar-refractivity contribution in [2.45, 2.75) is 57.0 Å². The molecule has 0 aromatic heterocycles. The van der Waals surface area contributed by atoms with E-state index in [1.165, 1.54) is 51.6 Å².